The summed E-state index contributed by atoms with van der Waals surface area (Å²) in [6, 6.07) is 7.64. The van der Waals surface area contributed by atoms with Crippen molar-refractivity contribution in [1.82, 2.24) is 4.90 Å². The van der Waals surface area contributed by atoms with Crippen molar-refractivity contribution in [3.63, 3.8) is 0 Å². The van der Waals surface area contributed by atoms with E-state index in [2.05, 4.69) is 0 Å². The smallest absolute Gasteiger partial charge is 0.410 e. The number of piperidine rings is 1. The van der Waals surface area contributed by atoms with Crippen molar-refractivity contribution in [2.75, 3.05) is 31.1 Å². The minimum atomic E-state index is -0.479. The van der Waals surface area contributed by atoms with Crippen molar-refractivity contribution in [3.8, 4) is 5.75 Å². The quantitative estimate of drug-likeness (QED) is 0.856. The van der Waals surface area contributed by atoms with Gasteiger partial charge in [-0.25, -0.2) is 4.79 Å². The molecule has 2 aliphatic rings. The normalized spacial score (nSPS) is 21.1. The number of anilines is 1. The van der Waals surface area contributed by atoms with Gasteiger partial charge in [-0.1, -0.05) is 0 Å². The molecule has 0 spiro atoms. The predicted molar refractivity (Wildman–Crippen MR) is 107 cm³/mol. The van der Waals surface area contributed by atoms with Gasteiger partial charge in [0.25, 0.3) is 0 Å². The summed E-state index contributed by atoms with van der Waals surface area (Å²) in [6.07, 6.45) is 1.86. The Morgan fingerprint density at radius 2 is 1.82 bits per heavy atom. The number of amides is 2. The van der Waals surface area contributed by atoms with E-state index in [-0.39, 0.29) is 24.0 Å². The first kappa shape index (κ1) is 20.5. The molecule has 2 saturated heterocycles. The van der Waals surface area contributed by atoms with Gasteiger partial charge in [0.1, 0.15) is 17.5 Å². The highest BCUT2D eigenvalue weighted by molar-refractivity contribution is 5.95. The highest BCUT2D eigenvalue weighted by Gasteiger charge is 2.30. The first-order valence-electron chi connectivity index (χ1n) is 10.0. The molecule has 1 atom stereocenters. The Balaban J connectivity index is 1.49. The molecule has 0 saturated carbocycles. The third kappa shape index (κ3) is 5.16. The van der Waals surface area contributed by atoms with Crippen LogP contribution in [-0.2, 0) is 9.53 Å². The summed E-state index contributed by atoms with van der Waals surface area (Å²) in [5, 5.41) is 0. The SMILES string of the molecule is CC(C)(C)OC(=O)N1CCC(Oc2ccc(N3CC(CN)CC3=O)cc2)CC1. The van der Waals surface area contributed by atoms with Gasteiger partial charge in [0.05, 0.1) is 0 Å². The van der Waals surface area contributed by atoms with Crippen LogP contribution in [0, 0.1) is 5.92 Å². The molecule has 2 heterocycles. The maximum Gasteiger partial charge on any atom is 0.410 e. The van der Waals surface area contributed by atoms with E-state index < -0.39 is 5.60 Å². The summed E-state index contributed by atoms with van der Waals surface area (Å²) < 4.78 is 11.5. The summed E-state index contributed by atoms with van der Waals surface area (Å²) in [5.41, 5.74) is 6.10. The highest BCUT2D eigenvalue weighted by Crippen LogP contribution is 2.27. The number of ether oxygens (including phenoxy) is 2. The van der Waals surface area contributed by atoms with Crippen LogP contribution in [0.3, 0.4) is 0 Å². The lowest BCUT2D eigenvalue weighted by Gasteiger charge is -2.33. The Hall–Kier alpha value is -2.28. The number of benzene rings is 1. The van der Waals surface area contributed by atoms with Crippen LogP contribution in [0.4, 0.5) is 10.5 Å². The predicted octanol–water partition coefficient (Wildman–Crippen LogP) is 2.78. The van der Waals surface area contributed by atoms with Crippen molar-refractivity contribution in [2.45, 2.75) is 51.7 Å². The van der Waals surface area contributed by atoms with Gasteiger partial charge in [-0.3, -0.25) is 4.79 Å². The third-order valence-corrected chi connectivity index (χ3v) is 5.08. The van der Waals surface area contributed by atoms with E-state index in [9.17, 15) is 9.59 Å². The second-order valence-electron chi connectivity index (χ2n) is 8.59. The molecule has 7 heteroatoms. The van der Waals surface area contributed by atoms with Crippen LogP contribution in [0.1, 0.15) is 40.0 Å². The molecule has 3 rings (SSSR count). The van der Waals surface area contributed by atoms with Gasteiger partial charge in [-0.05, 0) is 57.5 Å². The van der Waals surface area contributed by atoms with Gasteiger partial charge in [-0.2, -0.15) is 0 Å². The molecule has 1 aromatic rings. The Morgan fingerprint density at radius 3 is 2.36 bits per heavy atom. The molecule has 154 valence electrons. The summed E-state index contributed by atoms with van der Waals surface area (Å²) in [7, 11) is 0. The van der Waals surface area contributed by atoms with Gasteiger partial charge < -0.3 is 25.0 Å². The lowest BCUT2D eigenvalue weighted by molar-refractivity contribution is -0.117. The topological polar surface area (TPSA) is 85.1 Å². The highest BCUT2D eigenvalue weighted by atomic mass is 16.6. The van der Waals surface area contributed by atoms with E-state index in [0.29, 0.717) is 32.6 Å². The molecule has 0 aliphatic carbocycles. The van der Waals surface area contributed by atoms with E-state index >= 15 is 0 Å². The van der Waals surface area contributed by atoms with E-state index in [1.165, 1.54) is 0 Å². The number of carbonyl (C=O) groups is 2. The van der Waals surface area contributed by atoms with Gasteiger partial charge in [0, 0.05) is 44.6 Å². The third-order valence-electron chi connectivity index (χ3n) is 5.08. The number of rotatable bonds is 4. The van der Waals surface area contributed by atoms with Crippen molar-refractivity contribution in [2.24, 2.45) is 11.7 Å². The van der Waals surface area contributed by atoms with Crippen LogP contribution >= 0.6 is 0 Å². The molecular weight excluding hydrogens is 358 g/mol. The average Bonchev–Trinajstić information content (AvgIpc) is 3.02. The van der Waals surface area contributed by atoms with Crippen molar-refractivity contribution in [3.05, 3.63) is 24.3 Å². The summed E-state index contributed by atoms with van der Waals surface area (Å²) >= 11 is 0. The molecule has 0 aromatic heterocycles. The standard InChI is InChI=1S/C21H31N3O4/c1-21(2,3)28-20(26)23-10-8-18(9-11-23)27-17-6-4-16(5-7-17)24-14-15(13-22)12-19(24)25/h4-7,15,18H,8-14,22H2,1-3H3. The second kappa shape index (κ2) is 8.39. The maximum absolute atomic E-state index is 12.1. The molecule has 7 nitrogen and oxygen atoms in total. The largest absolute Gasteiger partial charge is 0.490 e. The maximum atomic E-state index is 12.1. The van der Waals surface area contributed by atoms with Crippen LogP contribution in [0.2, 0.25) is 0 Å². The number of nitrogens with two attached hydrogens (primary N) is 1. The number of hydrogen-bond donors (Lipinski definition) is 1. The minimum Gasteiger partial charge on any atom is -0.490 e. The molecule has 28 heavy (non-hydrogen) atoms. The van der Waals surface area contributed by atoms with Gasteiger partial charge in [0.15, 0.2) is 0 Å². The first-order chi connectivity index (χ1) is 13.2. The molecule has 2 N–H and O–H groups in total. The minimum absolute atomic E-state index is 0.0691. The van der Waals surface area contributed by atoms with Gasteiger partial charge in [-0.15, -0.1) is 0 Å². The van der Waals surface area contributed by atoms with E-state index in [4.69, 9.17) is 15.2 Å². The molecule has 2 fully saturated rings. The number of nitrogens with zero attached hydrogens (tertiary/aromatic N) is 2. The Morgan fingerprint density at radius 1 is 1.18 bits per heavy atom. The average molecular weight is 389 g/mol. The molecule has 0 radical (unpaired) electrons. The van der Waals surface area contributed by atoms with Gasteiger partial charge >= 0.3 is 6.09 Å². The molecule has 2 amide bonds. The Bertz CT molecular complexity index is 691. The van der Waals surface area contributed by atoms with Crippen LogP contribution < -0.4 is 15.4 Å². The van der Waals surface area contributed by atoms with Crippen LogP contribution in [-0.4, -0.2) is 54.8 Å². The Labute approximate surface area is 166 Å². The fourth-order valence-electron chi connectivity index (χ4n) is 3.57. The van der Waals surface area contributed by atoms with Crippen LogP contribution in [0.5, 0.6) is 5.75 Å². The molecular formula is C21H31N3O4. The summed E-state index contributed by atoms with van der Waals surface area (Å²) in [4.78, 5) is 27.8. The Kier molecular flexibility index (Phi) is 6.13. The zero-order valence-corrected chi connectivity index (χ0v) is 17.0. The number of carbonyl (C=O) groups excluding carboxylic acids is 2. The molecule has 1 aromatic carbocycles. The molecule has 2 aliphatic heterocycles. The second-order valence-corrected chi connectivity index (χ2v) is 8.59. The van der Waals surface area contributed by atoms with Crippen molar-refractivity contribution in [1.29, 1.82) is 0 Å². The first-order valence-corrected chi connectivity index (χ1v) is 10.0. The van der Waals surface area contributed by atoms with E-state index in [0.717, 1.165) is 24.3 Å². The van der Waals surface area contributed by atoms with E-state index in [1.54, 1.807) is 9.80 Å². The number of hydrogen-bond acceptors (Lipinski definition) is 5. The summed E-state index contributed by atoms with van der Waals surface area (Å²) in [6.45, 7) is 8.08. The number of likely N-dealkylation sites (tertiary alicyclic amines) is 1. The lowest BCUT2D eigenvalue weighted by atomic mass is 10.1. The molecule has 1 unspecified atom stereocenters. The zero-order valence-electron chi connectivity index (χ0n) is 17.0. The summed E-state index contributed by atoms with van der Waals surface area (Å²) in [5.74, 6) is 1.14. The van der Waals surface area contributed by atoms with Crippen LogP contribution in [0.15, 0.2) is 24.3 Å². The molecule has 0 bridgehead atoms. The van der Waals surface area contributed by atoms with Gasteiger partial charge in [0.2, 0.25) is 5.91 Å². The van der Waals surface area contributed by atoms with Crippen molar-refractivity contribution >= 4 is 17.7 Å². The zero-order chi connectivity index (χ0) is 20.3. The van der Waals surface area contributed by atoms with Crippen LogP contribution in [0.25, 0.3) is 0 Å². The van der Waals surface area contributed by atoms with Crippen molar-refractivity contribution < 1.29 is 19.1 Å². The van der Waals surface area contributed by atoms with E-state index in [1.807, 2.05) is 45.0 Å². The fourth-order valence-corrected chi connectivity index (χ4v) is 3.57. The monoisotopic (exact) mass is 389 g/mol. The fraction of sp³-hybridized carbons (Fsp3) is 0.619. The lowest BCUT2D eigenvalue weighted by Crippen LogP contribution is -2.44.